The largest absolute Gasteiger partial charge is 0.368 e. The number of rotatable bonds is 4. The molecule has 2 amide bonds. The number of amides is 2. The van der Waals surface area contributed by atoms with Crippen LogP contribution in [0.25, 0.3) is 0 Å². The molecular weight excluding hydrogens is 294 g/mol. The minimum atomic E-state index is -0.297. The maximum Gasteiger partial charge on any atom is 0.251 e. The fourth-order valence-corrected chi connectivity index (χ4v) is 2.87. The Bertz CT molecular complexity index is 348. The summed E-state index contributed by atoms with van der Waals surface area (Å²) in [5, 5.41) is 2.81. The highest BCUT2D eigenvalue weighted by Gasteiger charge is 2.32. The zero-order chi connectivity index (χ0) is 14.4. The molecule has 0 saturated carbocycles. The molecule has 2 heterocycles. The smallest absolute Gasteiger partial charge is 0.251 e. The summed E-state index contributed by atoms with van der Waals surface area (Å²) in [6, 6.07) is 0. The number of hydrogen-bond donors (Lipinski definition) is 2. The lowest BCUT2D eigenvalue weighted by Gasteiger charge is -2.35. The van der Waals surface area contributed by atoms with Gasteiger partial charge in [0.25, 0.3) is 5.91 Å². The highest BCUT2D eigenvalue weighted by atomic mass is 35.5. The summed E-state index contributed by atoms with van der Waals surface area (Å²) < 4.78 is 5.55. The first kappa shape index (κ1) is 18.2. The van der Waals surface area contributed by atoms with Crippen molar-refractivity contribution >= 4 is 24.2 Å². The van der Waals surface area contributed by atoms with E-state index in [-0.39, 0.29) is 36.2 Å². The lowest BCUT2D eigenvalue weighted by atomic mass is 9.96. The van der Waals surface area contributed by atoms with E-state index in [9.17, 15) is 9.59 Å². The Balaban J connectivity index is 0.00000220. The van der Waals surface area contributed by atoms with E-state index in [0.717, 1.165) is 38.6 Å². The minimum absolute atomic E-state index is 0. The summed E-state index contributed by atoms with van der Waals surface area (Å²) in [6.07, 6.45) is 4.30. The van der Waals surface area contributed by atoms with E-state index in [1.165, 1.54) is 0 Å². The number of likely N-dealkylation sites (tertiary alicyclic amines) is 1. The number of ether oxygens (including phenoxy) is 1. The lowest BCUT2D eigenvalue weighted by Crippen LogP contribution is -2.49. The van der Waals surface area contributed by atoms with E-state index in [0.29, 0.717) is 26.2 Å². The Labute approximate surface area is 132 Å². The summed E-state index contributed by atoms with van der Waals surface area (Å²) >= 11 is 0. The molecule has 6 nitrogen and oxygen atoms in total. The van der Waals surface area contributed by atoms with Crippen LogP contribution >= 0.6 is 12.4 Å². The van der Waals surface area contributed by atoms with Crippen molar-refractivity contribution in [3.05, 3.63) is 0 Å². The second-order valence-electron chi connectivity index (χ2n) is 5.56. The second kappa shape index (κ2) is 9.23. The zero-order valence-corrected chi connectivity index (χ0v) is 13.2. The summed E-state index contributed by atoms with van der Waals surface area (Å²) in [4.78, 5) is 26.1. The van der Waals surface area contributed by atoms with Gasteiger partial charge in [-0.2, -0.15) is 0 Å². The average Bonchev–Trinajstić information content (AvgIpc) is 2.52. The zero-order valence-electron chi connectivity index (χ0n) is 12.4. The Hall–Kier alpha value is -0.850. The van der Waals surface area contributed by atoms with E-state index < -0.39 is 0 Å². The first-order chi connectivity index (χ1) is 9.72. The number of carbonyl (C=O) groups is 2. The van der Waals surface area contributed by atoms with Crippen LogP contribution in [0.1, 0.15) is 32.1 Å². The number of nitrogens with zero attached hydrogens (tertiary/aromatic N) is 1. The fourth-order valence-electron chi connectivity index (χ4n) is 2.87. The van der Waals surface area contributed by atoms with Gasteiger partial charge >= 0.3 is 0 Å². The number of halogens is 1. The molecule has 0 aliphatic carbocycles. The first-order valence-corrected chi connectivity index (χ1v) is 7.60. The summed E-state index contributed by atoms with van der Waals surface area (Å²) in [7, 11) is 0. The molecule has 3 N–H and O–H groups in total. The summed E-state index contributed by atoms with van der Waals surface area (Å²) in [5.41, 5.74) is 5.38. The highest BCUT2D eigenvalue weighted by Crippen LogP contribution is 2.21. The van der Waals surface area contributed by atoms with Crippen molar-refractivity contribution in [3.8, 4) is 0 Å². The highest BCUT2D eigenvalue weighted by molar-refractivity contribution is 5.85. The molecule has 7 heteroatoms. The second-order valence-corrected chi connectivity index (χ2v) is 5.56. The van der Waals surface area contributed by atoms with Crippen LogP contribution in [0.15, 0.2) is 0 Å². The SMILES string of the molecule is Cl.NCCNC(=O)C1CCCN(C(=O)C2CCCCO2)C1. The molecular formula is C14H26ClN3O3. The summed E-state index contributed by atoms with van der Waals surface area (Å²) in [6.45, 7) is 2.85. The molecule has 0 aromatic carbocycles. The number of nitrogens with two attached hydrogens (primary N) is 1. The first-order valence-electron chi connectivity index (χ1n) is 7.60. The number of piperidine rings is 1. The van der Waals surface area contributed by atoms with E-state index in [4.69, 9.17) is 10.5 Å². The van der Waals surface area contributed by atoms with Gasteiger partial charge in [-0.15, -0.1) is 12.4 Å². The van der Waals surface area contributed by atoms with Crippen molar-refractivity contribution in [2.45, 2.75) is 38.2 Å². The Morgan fingerprint density at radius 1 is 1.24 bits per heavy atom. The van der Waals surface area contributed by atoms with Gasteiger partial charge < -0.3 is 20.7 Å². The predicted molar refractivity (Wildman–Crippen MR) is 82.2 cm³/mol. The van der Waals surface area contributed by atoms with Gasteiger partial charge in [0.05, 0.1) is 5.92 Å². The molecule has 0 radical (unpaired) electrons. The van der Waals surface area contributed by atoms with Crippen LogP contribution in [0, 0.1) is 5.92 Å². The average molecular weight is 320 g/mol. The maximum atomic E-state index is 12.4. The number of nitrogens with one attached hydrogen (secondary N) is 1. The minimum Gasteiger partial charge on any atom is -0.368 e. The molecule has 2 fully saturated rings. The van der Waals surface area contributed by atoms with Crippen LogP contribution in [0.4, 0.5) is 0 Å². The molecule has 2 rings (SSSR count). The number of carbonyl (C=O) groups excluding carboxylic acids is 2. The van der Waals surface area contributed by atoms with Crippen LogP contribution in [0.2, 0.25) is 0 Å². The topological polar surface area (TPSA) is 84.7 Å². The predicted octanol–water partition coefficient (Wildman–Crippen LogP) is 0.291. The van der Waals surface area contributed by atoms with Gasteiger partial charge in [0.2, 0.25) is 5.91 Å². The van der Waals surface area contributed by atoms with Crippen molar-refractivity contribution in [1.29, 1.82) is 0 Å². The molecule has 2 saturated heterocycles. The molecule has 0 spiro atoms. The van der Waals surface area contributed by atoms with Gasteiger partial charge in [0.1, 0.15) is 6.10 Å². The third-order valence-corrected chi connectivity index (χ3v) is 4.00. The Morgan fingerprint density at radius 2 is 2.05 bits per heavy atom. The molecule has 0 aromatic heterocycles. The molecule has 2 aliphatic rings. The molecule has 0 bridgehead atoms. The van der Waals surface area contributed by atoms with Crippen molar-refractivity contribution in [2.75, 3.05) is 32.8 Å². The van der Waals surface area contributed by atoms with Crippen molar-refractivity contribution in [3.63, 3.8) is 0 Å². The van der Waals surface area contributed by atoms with E-state index in [1.807, 2.05) is 0 Å². The van der Waals surface area contributed by atoms with Gasteiger partial charge in [0.15, 0.2) is 0 Å². The summed E-state index contributed by atoms with van der Waals surface area (Å²) in [5.74, 6) is -0.0404. The number of hydrogen-bond acceptors (Lipinski definition) is 4. The van der Waals surface area contributed by atoms with Gasteiger partial charge in [-0.1, -0.05) is 0 Å². The van der Waals surface area contributed by atoms with Crippen LogP contribution < -0.4 is 11.1 Å². The van der Waals surface area contributed by atoms with Crippen LogP contribution in [0.5, 0.6) is 0 Å². The molecule has 21 heavy (non-hydrogen) atoms. The third kappa shape index (κ3) is 5.13. The Kier molecular flexibility index (Phi) is 8.00. The quantitative estimate of drug-likeness (QED) is 0.780. The fraction of sp³-hybridized carbons (Fsp3) is 0.857. The van der Waals surface area contributed by atoms with E-state index in [2.05, 4.69) is 5.32 Å². The van der Waals surface area contributed by atoms with Crippen molar-refractivity contribution < 1.29 is 14.3 Å². The Morgan fingerprint density at radius 3 is 2.71 bits per heavy atom. The van der Waals surface area contributed by atoms with Crippen LogP contribution in [-0.4, -0.2) is 55.6 Å². The van der Waals surface area contributed by atoms with Gasteiger partial charge in [-0.05, 0) is 32.1 Å². The van der Waals surface area contributed by atoms with E-state index in [1.54, 1.807) is 4.90 Å². The molecule has 2 aliphatic heterocycles. The molecule has 2 unspecified atom stereocenters. The monoisotopic (exact) mass is 319 g/mol. The van der Waals surface area contributed by atoms with Crippen LogP contribution in [0.3, 0.4) is 0 Å². The molecule has 0 aromatic rings. The van der Waals surface area contributed by atoms with Crippen molar-refractivity contribution in [2.24, 2.45) is 11.7 Å². The third-order valence-electron chi connectivity index (χ3n) is 4.00. The van der Waals surface area contributed by atoms with Gasteiger partial charge in [-0.3, -0.25) is 9.59 Å². The van der Waals surface area contributed by atoms with Gasteiger partial charge in [-0.25, -0.2) is 0 Å². The molecule has 122 valence electrons. The standard InChI is InChI=1S/C14H25N3O3.ClH/c15-6-7-16-13(18)11-4-3-8-17(10-11)14(19)12-5-1-2-9-20-12;/h11-12H,1-10,15H2,(H,16,18);1H. The van der Waals surface area contributed by atoms with Gasteiger partial charge in [0, 0.05) is 32.8 Å². The lowest BCUT2D eigenvalue weighted by molar-refractivity contribution is -0.149. The normalized spacial score (nSPS) is 25.9. The van der Waals surface area contributed by atoms with E-state index >= 15 is 0 Å². The molecule has 2 atom stereocenters. The maximum absolute atomic E-state index is 12.4. The van der Waals surface area contributed by atoms with Crippen LogP contribution in [-0.2, 0) is 14.3 Å². The van der Waals surface area contributed by atoms with Crippen molar-refractivity contribution in [1.82, 2.24) is 10.2 Å².